The second-order valence-electron chi connectivity index (χ2n) is 4.37. The Labute approximate surface area is 113 Å². The molecular weight excluding hydrogens is 258 g/mol. The number of likely N-dealkylation sites (tertiary alicyclic amines) is 1. The van der Waals surface area contributed by atoms with Crippen LogP contribution in [0.15, 0.2) is 11.1 Å². The van der Waals surface area contributed by atoms with E-state index in [0.29, 0.717) is 13.0 Å². The molecule has 1 heterocycles. The maximum Gasteiger partial charge on any atom is 0.332 e. The normalized spacial score (nSPS) is 17.6. The van der Waals surface area contributed by atoms with Gasteiger partial charge in [0, 0.05) is 17.7 Å². The smallest absolute Gasteiger partial charge is 0.332 e. The largest absolute Gasteiger partial charge is 0.478 e. The molecule has 18 heavy (non-hydrogen) atoms. The minimum absolute atomic E-state index is 0. The fraction of sp³-hybridized carbons (Fsp3) is 0.667. The van der Waals surface area contributed by atoms with Crippen molar-refractivity contribution in [3.63, 3.8) is 0 Å². The molecule has 0 aromatic heterocycles. The summed E-state index contributed by atoms with van der Waals surface area (Å²) in [7, 11) is 0. The molecule has 0 amide bonds. The summed E-state index contributed by atoms with van der Waals surface area (Å²) in [6, 6.07) is 0. The van der Waals surface area contributed by atoms with Crippen molar-refractivity contribution in [1.29, 1.82) is 0 Å². The number of carbonyl (C=O) groups is 2. The summed E-state index contributed by atoms with van der Waals surface area (Å²) in [4.78, 5) is 23.9. The van der Waals surface area contributed by atoms with E-state index in [0.717, 1.165) is 25.9 Å². The highest BCUT2D eigenvalue weighted by Gasteiger charge is 2.18. The van der Waals surface area contributed by atoms with Gasteiger partial charge in [-0.2, -0.15) is 0 Å². The van der Waals surface area contributed by atoms with Crippen LogP contribution >= 0.6 is 12.4 Å². The molecule has 0 aromatic rings. The lowest BCUT2D eigenvalue weighted by Crippen LogP contribution is -2.31. The Hall–Kier alpha value is -1.07. The molecule has 1 fully saturated rings. The van der Waals surface area contributed by atoms with Crippen LogP contribution in [-0.2, 0) is 9.59 Å². The fourth-order valence-electron chi connectivity index (χ4n) is 2.04. The summed E-state index contributed by atoms with van der Waals surface area (Å²) in [5, 5.41) is 17.8. The van der Waals surface area contributed by atoms with E-state index < -0.39 is 11.9 Å². The van der Waals surface area contributed by atoms with Crippen LogP contribution in [0.4, 0.5) is 0 Å². The van der Waals surface area contributed by atoms with Crippen LogP contribution in [0, 0.1) is 0 Å². The second kappa shape index (κ2) is 8.11. The van der Waals surface area contributed by atoms with E-state index in [1.165, 1.54) is 13.3 Å². The van der Waals surface area contributed by atoms with Crippen molar-refractivity contribution in [1.82, 2.24) is 4.90 Å². The summed E-state index contributed by atoms with van der Waals surface area (Å²) in [5.41, 5.74) is -0.0439. The molecule has 104 valence electrons. The van der Waals surface area contributed by atoms with Crippen LogP contribution < -0.4 is 0 Å². The molecule has 1 saturated heterocycles. The van der Waals surface area contributed by atoms with Crippen molar-refractivity contribution in [2.45, 2.75) is 32.6 Å². The van der Waals surface area contributed by atoms with Crippen molar-refractivity contribution < 1.29 is 19.8 Å². The highest BCUT2D eigenvalue weighted by molar-refractivity contribution is 5.98. The lowest BCUT2D eigenvalue weighted by atomic mass is 10.0. The summed E-state index contributed by atoms with van der Waals surface area (Å²) in [6.45, 7) is 3.95. The third-order valence-corrected chi connectivity index (χ3v) is 3.16. The van der Waals surface area contributed by atoms with Gasteiger partial charge in [0.15, 0.2) is 0 Å². The Bertz CT molecular complexity index is 335. The van der Waals surface area contributed by atoms with E-state index >= 15 is 0 Å². The molecule has 0 spiro atoms. The average Bonchev–Trinajstić information content (AvgIpc) is 2.29. The number of carboxylic acids is 2. The van der Waals surface area contributed by atoms with E-state index in [1.807, 2.05) is 0 Å². The molecule has 0 radical (unpaired) electrons. The number of carboxylic acid groups (broad SMARTS) is 2. The van der Waals surface area contributed by atoms with Gasteiger partial charge in [0.2, 0.25) is 0 Å². The molecule has 2 N–H and O–H groups in total. The van der Waals surface area contributed by atoms with Crippen LogP contribution in [0.25, 0.3) is 0 Å². The molecule has 5 nitrogen and oxygen atoms in total. The van der Waals surface area contributed by atoms with Gasteiger partial charge in [-0.25, -0.2) is 9.59 Å². The predicted molar refractivity (Wildman–Crippen MR) is 70.1 cm³/mol. The van der Waals surface area contributed by atoms with Gasteiger partial charge in [-0.1, -0.05) is 6.42 Å². The number of rotatable bonds is 5. The Morgan fingerprint density at radius 3 is 2.06 bits per heavy atom. The van der Waals surface area contributed by atoms with E-state index in [9.17, 15) is 9.59 Å². The first-order chi connectivity index (χ1) is 8.02. The third-order valence-electron chi connectivity index (χ3n) is 3.16. The zero-order valence-electron chi connectivity index (χ0n) is 10.5. The third kappa shape index (κ3) is 5.06. The van der Waals surface area contributed by atoms with Crippen molar-refractivity contribution in [3.05, 3.63) is 11.1 Å². The molecule has 1 aliphatic heterocycles. The molecule has 6 heteroatoms. The van der Waals surface area contributed by atoms with Gasteiger partial charge < -0.3 is 15.1 Å². The van der Waals surface area contributed by atoms with Crippen LogP contribution in [0.1, 0.15) is 32.6 Å². The number of hydrogen-bond donors (Lipinski definition) is 2. The van der Waals surface area contributed by atoms with Crippen molar-refractivity contribution >= 4 is 24.3 Å². The molecular formula is C12H20ClNO4. The lowest BCUT2D eigenvalue weighted by Gasteiger charge is -2.26. The molecule has 0 aromatic carbocycles. The first kappa shape index (κ1) is 16.9. The minimum atomic E-state index is -1.15. The molecule has 0 unspecified atom stereocenters. The predicted octanol–water partition coefficient (Wildman–Crippen LogP) is 1.77. The standard InChI is InChI=1S/C12H19NO4.ClH/c1-9(11(14)15)10(12(16)17)5-8-13-6-3-2-4-7-13;/h2-8H2,1H3,(H,14,15)(H,16,17);1H/b10-9+;. The molecule has 1 aliphatic rings. The van der Waals surface area contributed by atoms with E-state index in [1.54, 1.807) is 0 Å². The number of halogens is 1. The zero-order valence-corrected chi connectivity index (χ0v) is 11.3. The van der Waals surface area contributed by atoms with Crippen molar-refractivity contribution in [2.75, 3.05) is 19.6 Å². The number of aliphatic carboxylic acids is 2. The van der Waals surface area contributed by atoms with E-state index in [-0.39, 0.29) is 23.6 Å². The second-order valence-corrected chi connectivity index (χ2v) is 4.37. The lowest BCUT2D eigenvalue weighted by molar-refractivity contribution is -0.136. The van der Waals surface area contributed by atoms with Crippen LogP contribution in [0.3, 0.4) is 0 Å². The van der Waals surface area contributed by atoms with Gasteiger partial charge in [-0.3, -0.25) is 0 Å². The summed E-state index contributed by atoms with van der Waals surface area (Å²) in [6.07, 6.45) is 3.81. The number of piperidine rings is 1. The monoisotopic (exact) mass is 277 g/mol. The van der Waals surface area contributed by atoms with Crippen molar-refractivity contribution in [3.8, 4) is 0 Å². The van der Waals surface area contributed by atoms with Gasteiger partial charge in [0.05, 0.1) is 0 Å². The van der Waals surface area contributed by atoms with Crippen LogP contribution in [0.5, 0.6) is 0 Å². The van der Waals surface area contributed by atoms with Gasteiger partial charge in [-0.15, -0.1) is 12.4 Å². The molecule has 0 atom stereocenters. The average molecular weight is 278 g/mol. The highest BCUT2D eigenvalue weighted by Crippen LogP contribution is 2.14. The van der Waals surface area contributed by atoms with Crippen LogP contribution in [0.2, 0.25) is 0 Å². The molecule has 0 aliphatic carbocycles. The van der Waals surface area contributed by atoms with Gasteiger partial charge >= 0.3 is 11.9 Å². The zero-order chi connectivity index (χ0) is 12.8. The Morgan fingerprint density at radius 1 is 1.06 bits per heavy atom. The maximum absolute atomic E-state index is 11.0. The van der Waals surface area contributed by atoms with Gasteiger partial charge in [0.25, 0.3) is 0 Å². The summed E-state index contributed by atoms with van der Waals surface area (Å²) < 4.78 is 0. The first-order valence-electron chi connectivity index (χ1n) is 5.91. The Balaban J connectivity index is 0.00000289. The van der Waals surface area contributed by atoms with E-state index in [2.05, 4.69) is 4.90 Å². The first-order valence-corrected chi connectivity index (χ1v) is 5.91. The topological polar surface area (TPSA) is 77.8 Å². The van der Waals surface area contributed by atoms with Gasteiger partial charge in [0.1, 0.15) is 0 Å². The highest BCUT2D eigenvalue weighted by atomic mass is 35.5. The summed E-state index contributed by atoms with van der Waals surface area (Å²) >= 11 is 0. The molecule has 0 bridgehead atoms. The fourth-order valence-corrected chi connectivity index (χ4v) is 2.04. The maximum atomic E-state index is 11.0. The van der Waals surface area contributed by atoms with Crippen molar-refractivity contribution in [2.24, 2.45) is 0 Å². The quantitative estimate of drug-likeness (QED) is 0.749. The van der Waals surface area contributed by atoms with Crippen LogP contribution in [-0.4, -0.2) is 46.7 Å². The number of nitrogens with zero attached hydrogens (tertiary/aromatic N) is 1. The molecule has 0 saturated carbocycles. The Morgan fingerprint density at radius 2 is 1.61 bits per heavy atom. The number of hydrogen-bond acceptors (Lipinski definition) is 3. The van der Waals surface area contributed by atoms with E-state index in [4.69, 9.17) is 10.2 Å². The minimum Gasteiger partial charge on any atom is -0.478 e. The summed E-state index contributed by atoms with van der Waals surface area (Å²) in [5.74, 6) is -2.28. The molecule has 1 rings (SSSR count). The SMILES string of the molecule is C/C(C(=O)O)=C(/CCN1CCCCC1)C(=O)O.Cl. The van der Waals surface area contributed by atoms with Gasteiger partial charge in [-0.05, 0) is 39.3 Å². The Kier molecular flexibility index (Phi) is 7.62.